The van der Waals surface area contributed by atoms with Crippen LogP contribution >= 0.6 is 22.9 Å². The molecular weight excluding hydrogens is 325 g/mol. The summed E-state index contributed by atoms with van der Waals surface area (Å²) in [6.45, 7) is 0.781. The zero-order valence-corrected chi connectivity index (χ0v) is 13.4. The van der Waals surface area contributed by atoms with Gasteiger partial charge in [-0.15, -0.1) is 0 Å². The van der Waals surface area contributed by atoms with Gasteiger partial charge in [0.15, 0.2) is 0 Å². The van der Waals surface area contributed by atoms with E-state index in [1.54, 1.807) is 23.5 Å². The Hall–Kier alpha value is -1.76. The fourth-order valence-electron chi connectivity index (χ4n) is 2.07. The van der Waals surface area contributed by atoms with Crippen molar-refractivity contribution in [2.75, 3.05) is 7.05 Å². The van der Waals surface area contributed by atoms with Crippen LogP contribution in [0, 0.1) is 5.82 Å². The van der Waals surface area contributed by atoms with Crippen LogP contribution in [0.1, 0.15) is 11.5 Å². The minimum Gasteiger partial charge on any atom is -0.338 e. The highest BCUT2D eigenvalue weighted by Crippen LogP contribution is 2.22. The van der Waals surface area contributed by atoms with Crippen molar-refractivity contribution in [2.45, 2.75) is 13.1 Å². The van der Waals surface area contributed by atoms with Gasteiger partial charge in [-0.2, -0.15) is 16.3 Å². The van der Waals surface area contributed by atoms with Gasteiger partial charge in [0.25, 0.3) is 0 Å². The lowest BCUT2D eigenvalue weighted by Crippen LogP contribution is -2.18. The molecule has 4 nitrogen and oxygen atoms in total. The van der Waals surface area contributed by atoms with Gasteiger partial charge >= 0.3 is 0 Å². The van der Waals surface area contributed by atoms with Crippen LogP contribution in [0.25, 0.3) is 11.4 Å². The molecule has 2 aromatic heterocycles. The fourth-order valence-corrected chi connectivity index (χ4v) is 2.93. The Labute approximate surface area is 136 Å². The third-order valence-electron chi connectivity index (χ3n) is 3.14. The quantitative estimate of drug-likeness (QED) is 0.699. The second-order valence-corrected chi connectivity index (χ2v) is 6.08. The molecule has 7 heteroatoms. The third kappa shape index (κ3) is 3.35. The molecule has 0 aliphatic rings. The van der Waals surface area contributed by atoms with Crippen molar-refractivity contribution in [1.29, 1.82) is 0 Å². The Balaban J connectivity index is 1.68. The van der Waals surface area contributed by atoms with Gasteiger partial charge in [0, 0.05) is 28.1 Å². The van der Waals surface area contributed by atoms with E-state index in [1.165, 1.54) is 6.07 Å². The number of benzene rings is 1. The maximum atomic E-state index is 13.8. The summed E-state index contributed by atoms with van der Waals surface area (Å²) in [5.74, 6) is 0.730. The highest BCUT2D eigenvalue weighted by Gasteiger charge is 2.14. The first-order valence-electron chi connectivity index (χ1n) is 6.60. The van der Waals surface area contributed by atoms with Gasteiger partial charge in [-0.05, 0) is 30.6 Å². The first kappa shape index (κ1) is 15.1. The molecular formula is C15H13ClFN3OS. The Morgan fingerprint density at radius 2 is 2.18 bits per heavy atom. The van der Waals surface area contributed by atoms with Crippen LogP contribution in [-0.4, -0.2) is 22.1 Å². The second kappa shape index (κ2) is 6.56. The molecule has 3 aromatic rings. The number of hydrogen-bond acceptors (Lipinski definition) is 5. The lowest BCUT2D eigenvalue weighted by atomic mass is 10.2. The molecule has 3 rings (SSSR count). The molecule has 0 aliphatic carbocycles. The molecule has 0 bridgehead atoms. The Morgan fingerprint density at radius 3 is 2.91 bits per heavy atom. The number of halogens is 2. The number of thiophene rings is 1. The summed E-state index contributed by atoms with van der Waals surface area (Å²) in [5.41, 5.74) is 1.39. The number of nitrogens with zero attached hydrogens (tertiary/aromatic N) is 3. The average Bonchev–Trinajstić information content (AvgIpc) is 3.13. The molecule has 114 valence electrons. The van der Waals surface area contributed by atoms with Crippen molar-refractivity contribution in [1.82, 2.24) is 15.0 Å². The smallest absolute Gasteiger partial charge is 0.241 e. The van der Waals surface area contributed by atoms with Crippen molar-refractivity contribution < 1.29 is 8.91 Å². The maximum absolute atomic E-state index is 13.8. The van der Waals surface area contributed by atoms with Crippen LogP contribution in [0.15, 0.2) is 39.5 Å². The van der Waals surface area contributed by atoms with Crippen molar-refractivity contribution in [3.8, 4) is 11.4 Å². The number of rotatable bonds is 5. The summed E-state index contributed by atoms with van der Waals surface area (Å²) >= 11 is 7.61. The van der Waals surface area contributed by atoms with E-state index in [-0.39, 0.29) is 5.82 Å². The SMILES string of the molecule is CN(Cc1nc(-c2ccsc2)no1)Cc1c(F)cccc1Cl. The van der Waals surface area contributed by atoms with Crippen molar-refractivity contribution >= 4 is 22.9 Å². The lowest BCUT2D eigenvalue weighted by molar-refractivity contribution is 0.258. The van der Waals surface area contributed by atoms with Crippen LogP contribution < -0.4 is 0 Å². The van der Waals surface area contributed by atoms with Crippen LogP contribution in [0.5, 0.6) is 0 Å². The monoisotopic (exact) mass is 337 g/mol. The predicted molar refractivity (Wildman–Crippen MR) is 84.2 cm³/mol. The Kier molecular flexibility index (Phi) is 4.52. The summed E-state index contributed by atoms with van der Waals surface area (Å²) in [7, 11) is 1.84. The Bertz CT molecular complexity index is 740. The minimum atomic E-state index is -0.316. The normalized spacial score (nSPS) is 11.3. The molecule has 22 heavy (non-hydrogen) atoms. The zero-order valence-electron chi connectivity index (χ0n) is 11.8. The first-order chi connectivity index (χ1) is 10.6. The molecule has 1 aromatic carbocycles. The van der Waals surface area contributed by atoms with E-state index < -0.39 is 0 Å². The molecule has 0 atom stereocenters. The summed E-state index contributed by atoms with van der Waals surface area (Å²) in [6.07, 6.45) is 0. The molecule has 0 fully saturated rings. The molecule has 0 radical (unpaired) electrons. The van der Waals surface area contributed by atoms with Gasteiger partial charge in [-0.3, -0.25) is 4.90 Å². The first-order valence-corrected chi connectivity index (χ1v) is 7.92. The largest absolute Gasteiger partial charge is 0.338 e. The van der Waals surface area contributed by atoms with E-state index in [0.29, 0.717) is 35.4 Å². The van der Waals surface area contributed by atoms with Gasteiger partial charge < -0.3 is 4.52 Å². The summed E-state index contributed by atoms with van der Waals surface area (Å²) in [6, 6.07) is 6.60. The topological polar surface area (TPSA) is 42.2 Å². The molecule has 0 saturated carbocycles. The van der Waals surface area contributed by atoms with E-state index in [0.717, 1.165) is 5.56 Å². The molecule has 0 spiro atoms. The fraction of sp³-hybridized carbons (Fsp3) is 0.200. The van der Waals surface area contributed by atoms with Crippen LogP contribution in [0.4, 0.5) is 4.39 Å². The van der Waals surface area contributed by atoms with Gasteiger partial charge in [-0.25, -0.2) is 4.39 Å². The van der Waals surface area contributed by atoms with E-state index in [4.69, 9.17) is 16.1 Å². The van der Waals surface area contributed by atoms with Gasteiger partial charge in [-0.1, -0.05) is 22.8 Å². The molecule has 0 unspecified atom stereocenters. The molecule has 0 aliphatic heterocycles. The van der Waals surface area contributed by atoms with Crippen LogP contribution in [0.3, 0.4) is 0 Å². The van der Waals surface area contributed by atoms with Crippen LogP contribution in [-0.2, 0) is 13.1 Å². The summed E-state index contributed by atoms with van der Waals surface area (Å²) in [4.78, 5) is 6.21. The highest BCUT2D eigenvalue weighted by molar-refractivity contribution is 7.08. The average molecular weight is 338 g/mol. The van der Waals surface area contributed by atoms with Gasteiger partial charge in [0.05, 0.1) is 6.54 Å². The molecule has 0 saturated heterocycles. The van der Waals surface area contributed by atoms with Crippen molar-refractivity contribution in [3.05, 3.63) is 57.3 Å². The number of aromatic nitrogens is 2. The van der Waals surface area contributed by atoms with Crippen molar-refractivity contribution in [2.24, 2.45) is 0 Å². The predicted octanol–water partition coefficient (Wildman–Crippen LogP) is 4.22. The number of hydrogen-bond donors (Lipinski definition) is 0. The molecule has 0 amide bonds. The maximum Gasteiger partial charge on any atom is 0.241 e. The third-order valence-corrected chi connectivity index (χ3v) is 4.18. The summed E-state index contributed by atoms with van der Waals surface area (Å²) in [5, 5.41) is 8.27. The van der Waals surface area contributed by atoms with E-state index in [1.807, 2.05) is 28.8 Å². The Morgan fingerprint density at radius 1 is 1.32 bits per heavy atom. The van der Waals surface area contributed by atoms with Crippen LogP contribution in [0.2, 0.25) is 5.02 Å². The summed E-state index contributed by atoms with van der Waals surface area (Å²) < 4.78 is 19.0. The highest BCUT2D eigenvalue weighted by atomic mass is 35.5. The second-order valence-electron chi connectivity index (χ2n) is 4.90. The minimum absolute atomic E-state index is 0.316. The zero-order chi connectivity index (χ0) is 15.5. The van der Waals surface area contributed by atoms with Gasteiger partial charge in [0.2, 0.25) is 11.7 Å². The lowest BCUT2D eigenvalue weighted by Gasteiger charge is -2.15. The van der Waals surface area contributed by atoms with Gasteiger partial charge in [0.1, 0.15) is 5.82 Å². The van der Waals surface area contributed by atoms with E-state index in [2.05, 4.69) is 10.1 Å². The molecule has 2 heterocycles. The molecule has 0 N–H and O–H groups in total. The van der Waals surface area contributed by atoms with E-state index in [9.17, 15) is 4.39 Å². The standard InChI is InChI=1S/C15H13ClFN3OS/c1-20(7-11-12(16)3-2-4-13(11)17)8-14-18-15(19-21-14)10-5-6-22-9-10/h2-6,9H,7-8H2,1H3. The van der Waals surface area contributed by atoms with Crippen molar-refractivity contribution in [3.63, 3.8) is 0 Å². The van der Waals surface area contributed by atoms with E-state index >= 15 is 0 Å².